The van der Waals surface area contributed by atoms with Crippen molar-refractivity contribution in [2.45, 2.75) is 25.3 Å². The number of rotatable bonds is 3. The maximum absolute atomic E-state index is 12.4. The maximum atomic E-state index is 12.4. The van der Waals surface area contributed by atoms with Crippen LogP contribution in [0.4, 0.5) is 5.69 Å². The SMILES string of the molecule is O=C(c1cccc(NS)c1)N1CCCCC1CO. The van der Waals surface area contributed by atoms with Crippen LogP contribution in [0.1, 0.15) is 29.6 Å². The molecule has 0 aromatic heterocycles. The van der Waals surface area contributed by atoms with Crippen LogP contribution in [0.3, 0.4) is 0 Å². The molecule has 1 aromatic rings. The fourth-order valence-corrected chi connectivity index (χ4v) is 2.48. The van der Waals surface area contributed by atoms with Crippen molar-refractivity contribution in [1.82, 2.24) is 4.90 Å². The van der Waals surface area contributed by atoms with Gasteiger partial charge in [-0.15, -0.1) is 0 Å². The number of piperidine rings is 1. The summed E-state index contributed by atoms with van der Waals surface area (Å²) in [6.45, 7) is 0.763. The number of amides is 1. The zero-order chi connectivity index (χ0) is 13.0. The van der Waals surface area contributed by atoms with E-state index in [0.29, 0.717) is 5.56 Å². The van der Waals surface area contributed by atoms with Crippen LogP contribution < -0.4 is 4.72 Å². The van der Waals surface area contributed by atoms with E-state index in [1.165, 1.54) is 0 Å². The summed E-state index contributed by atoms with van der Waals surface area (Å²) in [6, 6.07) is 7.20. The van der Waals surface area contributed by atoms with Gasteiger partial charge >= 0.3 is 0 Å². The molecule has 1 amide bonds. The lowest BCUT2D eigenvalue weighted by Gasteiger charge is -2.34. The standard InChI is InChI=1S/C13H18N2O2S/c16-9-12-6-1-2-7-15(12)13(17)10-4-3-5-11(8-10)14-18/h3-5,8,12,14,16,18H,1-2,6-7,9H2. The molecule has 2 rings (SSSR count). The number of thiol groups is 1. The van der Waals surface area contributed by atoms with Gasteiger partial charge in [0, 0.05) is 17.8 Å². The normalized spacial score (nSPS) is 19.7. The first-order valence-corrected chi connectivity index (χ1v) is 6.63. The van der Waals surface area contributed by atoms with E-state index in [2.05, 4.69) is 17.5 Å². The minimum absolute atomic E-state index is 0.0146. The molecular weight excluding hydrogens is 248 g/mol. The van der Waals surface area contributed by atoms with E-state index in [0.717, 1.165) is 31.5 Å². The van der Waals surface area contributed by atoms with Gasteiger partial charge in [0.1, 0.15) is 0 Å². The number of aliphatic hydroxyl groups is 1. The van der Waals surface area contributed by atoms with E-state index in [9.17, 15) is 9.90 Å². The summed E-state index contributed by atoms with van der Waals surface area (Å²) in [5.41, 5.74) is 1.43. The highest BCUT2D eigenvalue weighted by Gasteiger charge is 2.26. The monoisotopic (exact) mass is 266 g/mol. The average molecular weight is 266 g/mol. The number of aliphatic hydroxyl groups excluding tert-OH is 1. The maximum Gasteiger partial charge on any atom is 0.254 e. The molecule has 0 saturated carbocycles. The van der Waals surface area contributed by atoms with E-state index in [1.807, 2.05) is 12.1 Å². The van der Waals surface area contributed by atoms with Crippen LogP contribution in [-0.4, -0.2) is 35.1 Å². The van der Waals surface area contributed by atoms with Crippen molar-refractivity contribution in [2.24, 2.45) is 0 Å². The Bertz CT molecular complexity index is 425. The first kappa shape index (κ1) is 13.2. The Kier molecular flexibility index (Phi) is 4.49. The quantitative estimate of drug-likeness (QED) is 0.733. The van der Waals surface area contributed by atoms with Crippen LogP contribution >= 0.6 is 12.8 Å². The first-order chi connectivity index (χ1) is 8.76. The molecule has 1 fully saturated rings. The van der Waals surface area contributed by atoms with Gasteiger partial charge in [0.2, 0.25) is 0 Å². The summed E-state index contributed by atoms with van der Waals surface area (Å²) in [7, 11) is 0. The number of anilines is 1. The largest absolute Gasteiger partial charge is 0.394 e. The Balaban J connectivity index is 2.18. The molecule has 4 nitrogen and oxygen atoms in total. The molecule has 0 bridgehead atoms. The molecule has 1 aromatic carbocycles. The van der Waals surface area contributed by atoms with Crippen molar-refractivity contribution in [2.75, 3.05) is 17.9 Å². The Labute approximate surface area is 113 Å². The van der Waals surface area contributed by atoms with Gasteiger partial charge in [-0.25, -0.2) is 0 Å². The minimum atomic E-state index is -0.0427. The van der Waals surface area contributed by atoms with Crippen LogP contribution in [0.15, 0.2) is 24.3 Å². The molecule has 1 saturated heterocycles. The second-order valence-electron chi connectivity index (χ2n) is 4.52. The number of carbonyl (C=O) groups is 1. The number of hydrogen-bond donors (Lipinski definition) is 3. The number of nitrogens with zero attached hydrogens (tertiary/aromatic N) is 1. The molecule has 5 heteroatoms. The Morgan fingerprint density at radius 3 is 3.06 bits per heavy atom. The van der Waals surface area contributed by atoms with Crippen molar-refractivity contribution in [1.29, 1.82) is 0 Å². The first-order valence-electron chi connectivity index (χ1n) is 6.18. The highest BCUT2D eigenvalue weighted by molar-refractivity contribution is 7.81. The van der Waals surface area contributed by atoms with E-state index >= 15 is 0 Å². The van der Waals surface area contributed by atoms with Crippen molar-refractivity contribution in [3.8, 4) is 0 Å². The molecule has 2 N–H and O–H groups in total. The lowest BCUT2D eigenvalue weighted by atomic mass is 10.0. The number of carbonyl (C=O) groups excluding carboxylic acids is 1. The molecule has 0 spiro atoms. The third-order valence-corrected chi connectivity index (χ3v) is 3.60. The fraction of sp³-hybridized carbons (Fsp3) is 0.462. The van der Waals surface area contributed by atoms with Crippen LogP contribution in [0, 0.1) is 0 Å². The van der Waals surface area contributed by atoms with E-state index in [1.54, 1.807) is 17.0 Å². The van der Waals surface area contributed by atoms with Crippen LogP contribution in [-0.2, 0) is 0 Å². The lowest BCUT2D eigenvalue weighted by molar-refractivity contribution is 0.0503. The third-order valence-electron chi connectivity index (χ3n) is 3.34. The molecule has 98 valence electrons. The summed E-state index contributed by atoms with van der Waals surface area (Å²) in [5.74, 6) is -0.0146. The molecule has 1 atom stereocenters. The predicted octanol–water partition coefficient (Wildman–Crippen LogP) is 1.93. The number of benzene rings is 1. The van der Waals surface area contributed by atoms with Crippen LogP contribution in [0.25, 0.3) is 0 Å². The van der Waals surface area contributed by atoms with Gasteiger partial charge in [-0.1, -0.05) is 18.9 Å². The number of nitrogens with one attached hydrogen (secondary N) is 1. The summed E-state index contributed by atoms with van der Waals surface area (Å²) >= 11 is 3.97. The summed E-state index contributed by atoms with van der Waals surface area (Å²) in [6.07, 6.45) is 2.97. The second-order valence-corrected chi connectivity index (χ2v) is 4.75. The molecule has 1 heterocycles. The minimum Gasteiger partial charge on any atom is -0.394 e. The van der Waals surface area contributed by atoms with Gasteiger partial charge in [-0.2, -0.15) is 0 Å². The van der Waals surface area contributed by atoms with Gasteiger partial charge in [-0.05, 0) is 37.5 Å². The van der Waals surface area contributed by atoms with Gasteiger partial charge in [0.15, 0.2) is 0 Å². The van der Waals surface area contributed by atoms with Gasteiger partial charge in [0.25, 0.3) is 5.91 Å². The third kappa shape index (κ3) is 2.79. The molecule has 0 aliphatic carbocycles. The molecule has 18 heavy (non-hydrogen) atoms. The van der Waals surface area contributed by atoms with Gasteiger partial charge in [0.05, 0.1) is 12.6 Å². The Hall–Kier alpha value is -1.20. The van der Waals surface area contributed by atoms with E-state index in [4.69, 9.17) is 0 Å². The zero-order valence-corrected chi connectivity index (χ0v) is 11.1. The molecule has 1 aliphatic heterocycles. The van der Waals surface area contributed by atoms with Gasteiger partial charge < -0.3 is 14.7 Å². The van der Waals surface area contributed by atoms with Crippen molar-refractivity contribution in [3.63, 3.8) is 0 Å². The number of likely N-dealkylation sites (tertiary alicyclic amines) is 1. The second kappa shape index (κ2) is 6.11. The van der Waals surface area contributed by atoms with E-state index in [-0.39, 0.29) is 18.6 Å². The Morgan fingerprint density at radius 1 is 1.50 bits per heavy atom. The molecule has 1 unspecified atom stereocenters. The summed E-state index contributed by atoms with van der Waals surface area (Å²) in [4.78, 5) is 14.2. The lowest BCUT2D eigenvalue weighted by Crippen LogP contribution is -2.45. The molecule has 0 radical (unpaired) electrons. The average Bonchev–Trinajstić information content (AvgIpc) is 2.46. The predicted molar refractivity (Wildman–Crippen MR) is 74.8 cm³/mol. The Morgan fingerprint density at radius 2 is 2.33 bits per heavy atom. The highest BCUT2D eigenvalue weighted by Crippen LogP contribution is 2.20. The van der Waals surface area contributed by atoms with Crippen LogP contribution in [0.2, 0.25) is 0 Å². The van der Waals surface area contributed by atoms with Gasteiger partial charge in [-0.3, -0.25) is 4.79 Å². The topological polar surface area (TPSA) is 52.6 Å². The van der Waals surface area contributed by atoms with E-state index < -0.39 is 0 Å². The number of hydrogen-bond acceptors (Lipinski definition) is 4. The van der Waals surface area contributed by atoms with Crippen molar-refractivity contribution < 1.29 is 9.90 Å². The fourth-order valence-electron chi connectivity index (χ4n) is 2.35. The summed E-state index contributed by atoms with van der Waals surface area (Å²) < 4.78 is 2.72. The van der Waals surface area contributed by atoms with Crippen molar-refractivity contribution in [3.05, 3.63) is 29.8 Å². The highest BCUT2D eigenvalue weighted by atomic mass is 32.1. The molecule has 1 aliphatic rings. The van der Waals surface area contributed by atoms with Crippen molar-refractivity contribution >= 4 is 24.4 Å². The smallest absolute Gasteiger partial charge is 0.254 e. The summed E-state index contributed by atoms with van der Waals surface area (Å²) in [5, 5.41) is 9.34. The molecular formula is C13H18N2O2S. The van der Waals surface area contributed by atoms with Crippen LogP contribution in [0.5, 0.6) is 0 Å². The zero-order valence-electron chi connectivity index (χ0n) is 10.2.